The van der Waals surface area contributed by atoms with Gasteiger partial charge in [-0.1, -0.05) is 73.3 Å². The molecule has 7 rings (SSSR count). The minimum atomic E-state index is -0.299. The van der Waals surface area contributed by atoms with E-state index in [1.54, 1.807) is 6.33 Å². The van der Waals surface area contributed by atoms with Crippen molar-refractivity contribution in [3.05, 3.63) is 139 Å². The van der Waals surface area contributed by atoms with Crippen LogP contribution in [0.15, 0.2) is 122 Å². The van der Waals surface area contributed by atoms with E-state index in [2.05, 4.69) is 69.3 Å². The molecule has 11 nitrogen and oxygen atoms in total. The molecule has 1 amide bonds. The van der Waals surface area contributed by atoms with Crippen LogP contribution in [0, 0.1) is 11.3 Å². The molecule has 0 radical (unpaired) electrons. The van der Waals surface area contributed by atoms with Gasteiger partial charge in [-0.05, 0) is 60.6 Å². The lowest BCUT2D eigenvalue weighted by atomic mass is 10.1. The molecule has 1 saturated heterocycles. The number of likely N-dealkylation sites (N-methyl/N-ethyl adjacent to an activating group) is 1. The maximum atomic E-state index is 12.1. The van der Waals surface area contributed by atoms with Crippen LogP contribution in [-0.2, 0) is 17.9 Å². The van der Waals surface area contributed by atoms with Gasteiger partial charge in [-0.2, -0.15) is 15.2 Å². The van der Waals surface area contributed by atoms with Crippen LogP contribution in [0.2, 0.25) is 0 Å². The summed E-state index contributed by atoms with van der Waals surface area (Å²) in [4.78, 5) is 33.8. The smallest absolute Gasteiger partial charge is 0.247 e. The monoisotopic (exact) mass is 674 g/mol. The van der Waals surface area contributed by atoms with Gasteiger partial charge >= 0.3 is 0 Å². The Hall–Kier alpha value is -6.51. The first-order chi connectivity index (χ1) is 25.0. The molecule has 6 aromatic rings. The predicted octanol–water partition coefficient (Wildman–Crippen LogP) is 6.51. The largest absolute Gasteiger partial charge is 0.368 e. The van der Waals surface area contributed by atoms with E-state index in [-0.39, 0.29) is 5.91 Å². The van der Waals surface area contributed by atoms with E-state index in [9.17, 15) is 10.1 Å². The fraction of sp³-hybridized carbons (Fsp3) is 0.175. The van der Waals surface area contributed by atoms with Gasteiger partial charge in [0.25, 0.3) is 0 Å². The average molecular weight is 675 g/mol. The number of nitrogens with zero attached hydrogens (tertiary/aromatic N) is 8. The number of fused-ring (bicyclic) bond motifs is 1. The topological polar surface area (TPSA) is 118 Å². The fourth-order valence-corrected chi connectivity index (χ4v) is 6.25. The molecule has 0 saturated carbocycles. The Balaban J connectivity index is 1.33. The van der Waals surface area contributed by atoms with E-state index in [0.29, 0.717) is 53.0 Å². The summed E-state index contributed by atoms with van der Waals surface area (Å²) in [6.45, 7) is 8.34. The highest BCUT2D eigenvalue weighted by atomic mass is 16.1. The van der Waals surface area contributed by atoms with Crippen molar-refractivity contribution in [2.45, 2.75) is 13.1 Å². The van der Waals surface area contributed by atoms with Crippen molar-refractivity contribution in [2.75, 3.05) is 53.7 Å². The summed E-state index contributed by atoms with van der Waals surface area (Å²) in [7, 11) is 2.12. The summed E-state index contributed by atoms with van der Waals surface area (Å²) in [5, 5.41) is 16.4. The van der Waals surface area contributed by atoms with Crippen LogP contribution in [0.25, 0.3) is 16.9 Å². The van der Waals surface area contributed by atoms with Crippen LogP contribution < -0.4 is 20.4 Å². The first-order valence-electron chi connectivity index (χ1n) is 16.8. The van der Waals surface area contributed by atoms with Crippen LogP contribution in [0.5, 0.6) is 0 Å². The highest BCUT2D eigenvalue weighted by molar-refractivity contribution is 5.99. The van der Waals surface area contributed by atoms with Crippen LogP contribution in [-0.4, -0.2) is 63.6 Å². The van der Waals surface area contributed by atoms with E-state index in [4.69, 9.17) is 15.0 Å². The van der Waals surface area contributed by atoms with Gasteiger partial charge in [-0.3, -0.25) is 9.36 Å². The molecule has 2 N–H and O–H groups in total. The lowest BCUT2D eigenvalue weighted by molar-refractivity contribution is -0.111. The number of carbonyl (C=O) groups is 1. The zero-order valence-electron chi connectivity index (χ0n) is 28.4. The van der Waals surface area contributed by atoms with Crippen molar-refractivity contribution < 1.29 is 4.79 Å². The molecule has 4 aromatic carbocycles. The molecule has 0 bridgehead atoms. The Kier molecular flexibility index (Phi) is 9.67. The average Bonchev–Trinajstić information content (AvgIpc) is 3.59. The molecule has 0 aliphatic carbocycles. The lowest BCUT2D eigenvalue weighted by Gasteiger charge is -2.34. The Bertz CT molecular complexity index is 2160. The molecular weight excluding hydrogens is 637 g/mol. The highest BCUT2D eigenvalue weighted by Crippen LogP contribution is 2.32. The van der Waals surface area contributed by atoms with E-state index in [1.807, 2.05) is 83.4 Å². The summed E-state index contributed by atoms with van der Waals surface area (Å²) < 4.78 is 1.88. The number of piperazine rings is 1. The number of hydrogen-bond acceptors (Lipinski definition) is 9. The minimum Gasteiger partial charge on any atom is -0.368 e. The number of nitriles is 1. The third-order valence-corrected chi connectivity index (χ3v) is 8.90. The molecule has 1 aliphatic rings. The van der Waals surface area contributed by atoms with E-state index >= 15 is 0 Å². The van der Waals surface area contributed by atoms with Crippen molar-refractivity contribution >= 4 is 45.9 Å². The quantitative estimate of drug-likeness (QED) is 0.148. The molecule has 11 heteroatoms. The van der Waals surface area contributed by atoms with Crippen molar-refractivity contribution in [1.82, 2.24) is 24.4 Å². The summed E-state index contributed by atoms with van der Waals surface area (Å²) in [6, 6.07) is 36.2. The van der Waals surface area contributed by atoms with Gasteiger partial charge in [0.05, 0.1) is 16.9 Å². The highest BCUT2D eigenvalue weighted by Gasteiger charge is 2.22. The molecule has 0 spiro atoms. The van der Waals surface area contributed by atoms with E-state index < -0.39 is 0 Å². The number of amides is 1. The third kappa shape index (κ3) is 7.56. The van der Waals surface area contributed by atoms with Gasteiger partial charge in [-0.25, -0.2) is 4.98 Å². The van der Waals surface area contributed by atoms with Crippen molar-refractivity contribution in [3.8, 4) is 11.8 Å². The van der Waals surface area contributed by atoms with Crippen LogP contribution in [0.4, 0.5) is 28.8 Å². The number of aromatic nitrogens is 4. The normalized spacial score (nSPS) is 13.1. The summed E-state index contributed by atoms with van der Waals surface area (Å²) in [6.07, 6.45) is 2.96. The number of imidazole rings is 1. The second-order valence-corrected chi connectivity index (χ2v) is 12.5. The number of anilines is 5. The Morgan fingerprint density at radius 3 is 2.25 bits per heavy atom. The number of rotatable bonds is 11. The fourth-order valence-electron chi connectivity index (χ4n) is 6.25. The molecular formula is C40H38N10O. The van der Waals surface area contributed by atoms with E-state index in [0.717, 1.165) is 48.7 Å². The van der Waals surface area contributed by atoms with Crippen molar-refractivity contribution in [2.24, 2.45) is 0 Å². The molecule has 3 heterocycles. The molecule has 0 atom stereocenters. The Morgan fingerprint density at radius 2 is 1.59 bits per heavy atom. The van der Waals surface area contributed by atoms with Gasteiger partial charge in [-0.15, -0.1) is 0 Å². The molecule has 0 unspecified atom stereocenters. The van der Waals surface area contributed by atoms with Crippen LogP contribution in [0.1, 0.15) is 16.7 Å². The first-order valence-corrected chi connectivity index (χ1v) is 16.8. The summed E-state index contributed by atoms with van der Waals surface area (Å²) in [5.41, 5.74) is 7.03. The summed E-state index contributed by atoms with van der Waals surface area (Å²) in [5.74, 6) is 0.712. The SMILES string of the molecule is C=CC(=O)Nc1cccc(-n2cnc3c(N(Cc4ccccc4)Cc4ccccc4)nc(Nc4ccc(N5CCN(C)CC5)c(C#N)c4)nc32)c1. The molecule has 2 aromatic heterocycles. The zero-order valence-corrected chi connectivity index (χ0v) is 28.4. The maximum Gasteiger partial charge on any atom is 0.247 e. The standard InChI is InChI=1S/C40H38N10O/c1-3-36(51)43-32-15-10-16-34(24-32)50-28-42-37-38(49(26-29-11-6-4-7-12-29)27-30-13-8-5-9-14-30)45-40(46-39(37)50)44-33-17-18-35(31(23-33)25-41)48-21-19-47(2)20-22-48/h3-18,23-24,28H,1,19-22,26-27H2,2H3,(H,43,51)(H,44,45,46). The number of carbonyl (C=O) groups excluding carboxylic acids is 1. The lowest BCUT2D eigenvalue weighted by Crippen LogP contribution is -2.44. The van der Waals surface area contributed by atoms with Gasteiger partial charge in [0.15, 0.2) is 17.0 Å². The van der Waals surface area contributed by atoms with Crippen molar-refractivity contribution in [1.29, 1.82) is 5.26 Å². The van der Waals surface area contributed by atoms with Crippen molar-refractivity contribution in [3.63, 3.8) is 0 Å². The van der Waals surface area contributed by atoms with Gasteiger partial charge < -0.3 is 25.3 Å². The molecule has 254 valence electrons. The predicted molar refractivity (Wildman–Crippen MR) is 202 cm³/mol. The van der Waals surface area contributed by atoms with E-state index in [1.165, 1.54) is 6.08 Å². The zero-order chi connectivity index (χ0) is 35.2. The molecule has 51 heavy (non-hydrogen) atoms. The van der Waals surface area contributed by atoms with Gasteiger partial charge in [0, 0.05) is 50.6 Å². The number of hydrogen-bond donors (Lipinski definition) is 2. The first kappa shape index (κ1) is 33.0. The van der Waals surface area contributed by atoms with Crippen LogP contribution >= 0.6 is 0 Å². The Morgan fingerprint density at radius 1 is 0.882 bits per heavy atom. The molecule has 1 aliphatic heterocycles. The third-order valence-electron chi connectivity index (χ3n) is 8.90. The van der Waals surface area contributed by atoms with Gasteiger partial charge in [0.2, 0.25) is 11.9 Å². The molecule has 1 fully saturated rings. The minimum absolute atomic E-state index is 0.299. The number of benzene rings is 4. The second kappa shape index (κ2) is 14.9. The number of nitrogens with one attached hydrogen (secondary N) is 2. The summed E-state index contributed by atoms with van der Waals surface area (Å²) >= 11 is 0. The van der Waals surface area contributed by atoms with Crippen LogP contribution in [0.3, 0.4) is 0 Å². The maximum absolute atomic E-state index is 12.1. The van der Waals surface area contributed by atoms with Gasteiger partial charge in [0.1, 0.15) is 12.4 Å². The second-order valence-electron chi connectivity index (χ2n) is 12.5. The Labute approximate surface area is 297 Å².